The van der Waals surface area contributed by atoms with Crippen molar-refractivity contribution < 1.29 is 9.53 Å². The molecule has 3 heterocycles. The van der Waals surface area contributed by atoms with Crippen LogP contribution in [0.2, 0.25) is 0 Å². The maximum absolute atomic E-state index is 12.5. The van der Waals surface area contributed by atoms with Gasteiger partial charge in [0.05, 0.1) is 25.0 Å². The van der Waals surface area contributed by atoms with Crippen LogP contribution in [0.25, 0.3) is 0 Å². The molecule has 0 aromatic carbocycles. The molecule has 2 aromatic heterocycles. The molecule has 0 spiro atoms. The van der Waals surface area contributed by atoms with Crippen LogP contribution in [0.15, 0.2) is 42.9 Å². The lowest BCUT2D eigenvalue weighted by molar-refractivity contribution is 0.207. The molecule has 22 heavy (non-hydrogen) atoms. The van der Waals surface area contributed by atoms with Crippen LogP contribution in [0.3, 0.4) is 0 Å². The number of methoxy groups -OCH3 is 1. The Morgan fingerprint density at radius 3 is 2.82 bits per heavy atom. The minimum Gasteiger partial charge on any atom is -0.481 e. The Labute approximate surface area is 129 Å². The van der Waals surface area contributed by atoms with Crippen molar-refractivity contribution in [3.05, 3.63) is 48.4 Å². The molecule has 1 aliphatic heterocycles. The summed E-state index contributed by atoms with van der Waals surface area (Å²) in [5.41, 5.74) is 1.78. The van der Waals surface area contributed by atoms with Crippen LogP contribution in [0.1, 0.15) is 24.4 Å². The minimum atomic E-state index is -0.105. The number of pyridine rings is 2. The highest BCUT2D eigenvalue weighted by atomic mass is 16.5. The smallest absolute Gasteiger partial charge is 0.322 e. The van der Waals surface area contributed by atoms with Gasteiger partial charge in [0, 0.05) is 25.0 Å². The highest BCUT2D eigenvalue weighted by Crippen LogP contribution is 2.31. The van der Waals surface area contributed by atoms with Gasteiger partial charge in [0.2, 0.25) is 5.88 Å². The average Bonchev–Trinajstić information content (AvgIpc) is 3.06. The topological polar surface area (TPSA) is 67.3 Å². The molecule has 2 aromatic rings. The lowest BCUT2D eigenvalue weighted by Gasteiger charge is -2.25. The van der Waals surface area contributed by atoms with Crippen molar-refractivity contribution in [3.63, 3.8) is 0 Å². The second kappa shape index (κ2) is 6.43. The Kier molecular flexibility index (Phi) is 4.18. The van der Waals surface area contributed by atoms with E-state index in [-0.39, 0.29) is 12.1 Å². The Morgan fingerprint density at radius 1 is 1.32 bits per heavy atom. The number of likely N-dealkylation sites (tertiary alicyclic amines) is 1. The predicted molar refractivity (Wildman–Crippen MR) is 82.7 cm³/mol. The van der Waals surface area contributed by atoms with Crippen molar-refractivity contribution >= 4 is 11.7 Å². The van der Waals surface area contributed by atoms with Gasteiger partial charge in [-0.3, -0.25) is 4.98 Å². The Bertz CT molecular complexity index is 630. The van der Waals surface area contributed by atoms with Gasteiger partial charge in [0.25, 0.3) is 0 Å². The molecule has 3 rings (SSSR count). The molecule has 0 radical (unpaired) electrons. The summed E-state index contributed by atoms with van der Waals surface area (Å²) in [5.74, 6) is 0.522. The summed E-state index contributed by atoms with van der Waals surface area (Å²) in [6.07, 6.45) is 7.09. The largest absolute Gasteiger partial charge is 0.481 e. The Hall–Kier alpha value is -2.63. The quantitative estimate of drug-likeness (QED) is 0.946. The number of nitrogens with one attached hydrogen (secondary N) is 1. The molecule has 1 aliphatic rings. The maximum atomic E-state index is 12.5. The number of nitrogens with zero attached hydrogens (tertiary/aromatic N) is 3. The SMILES string of the molecule is COc1ccc(NC(=O)N2CCC[C@H]2c2ccncc2)cn1. The molecule has 0 unspecified atom stereocenters. The number of urea groups is 1. The normalized spacial score (nSPS) is 17.3. The zero-order chi connectivity index (χ0) is 15.4. The first kappa shape index (κ1) is 14.3. The number of amides is 2. The number of carbonyl (C=O) groups excluding carboxylic acids is 1. The summed E-state index contributed by atoms with van der Waals surface area (Å²) >= 11 is 0. The van der Waals surface area contributed by atoms with E-state index in [0.29, 0.717) is 11.6 Å². The van der Waals surface area contributed by atoms with Crippen molar-refractivity contribution in [2.24, 2.45) is 0 Å². The third-order valence-corrected chi connectivity index (χ3v) is 3.80. The molecule has 1 saturated heterocycles. The molecule has 1 fully saturated rings. The third-order valence-electron chi connectivity index (χ3n) is 3.80. The van der Waals surface area contributed by atoms with Gasteiger partial charge in [0.15, 0.2) is 0 Å². The van der Waals surface area contributed by atoms with E-state index in [1.165, 1.54) is 0 Å². The highest BCUT2D eigenvalue weighted by Gasteiger charge is 2.29. The number of aromatic nitrogens is 2. The van der Waals surface area contributed by atoms with Crippen molar-refractivity contribution in [1.82, 2.24) is 14.9 Å². The standard InChI is InChI=1S/C16H18N4O2/c1-22-15-5-4-13(11-18-15)19-16(21)20-10-2-3-14(20)12-6-8-17-9-7-12/h4-9,11,14H,2-3,10H2,1H3,(H,19,21)/t14-/m0/s1. The molecular weight excluding hydrogens is 280 g/mol. The van der Waals surface area contributed by atoms with E-state index in [4.69, 9.17) is 4.74 Å². The molecular formula is C16H18N4O2. The molecule has 0 aliphatic carbocycles. The molecule has 0 bridgehead atoms. The fourth-order valence-corrected chi connectivity index (χ4v) is 2.71. The average molecular weight is 298 g/mol. The van der Waals surface area contributed by atoms with Crippen LogP contribution < -0.4 is 10.1 Å². The van der Waals surface area contributed by atoms with Gasteiger partial charge in [-0.1, -0.05) is 0 Å². The first-order chi connectivity index (χ1) is 10.8. The minimum absolute atomic E-state index is 0.105. The fourth-order valence-electron chi connectivity index (χ4n) is 2.71. The van der Waals surface area contributed by atoms with E-state index < -0.39 is 0 Å². The zero-order valence-corrected chi connectivity index (χ0v) is 12.4. The zero-order valence-electron chi connectivity index (χ0n) is 12.4. The van der Waals surface area contributed by atoms with Crippen LogP contribution in [0, 0.1) is 0 Å². The lowest BCUT2D eigenvalue weighted by atomic mass is 10.1. The Balaban J connectivity index is 1.70. The third kappa shape index (κ3) is 3.00. The molecule has 114 valence electrons. The molecule has 1 atom stereocenters. The van der Waals surface area contributed by atoms with Crippen molar-refractivity contribution in [2.75, 3.05) is 19.0 Å². The van der Waals surface area contributed by atoms with Crippen molar-refractivity contribution in [1.29, 1.82) is 0 Å². The molecule has 0 saturated carbocycles. The summed E-state index contributed by atoms with van der Waals surface area (Å²) in [6.45, 7) is 0.752. The summed E-state index contributed by atoms with van der Waals surface area (Å²) in [4.78, 5) is 22.5. The van der Waals surface area contributed by atoms with Gasteiger partial charge in [-0.2, -0.15) is 0 Å². The first-order valence-corrected chi connectivity index (χ1v) is 7.25. The fraction of sp³-hybridized carbons (Fsp3) is 0.312. The van der Waals surface area contributed by atoms with Crippen LogP contribution in [0.5, 0.6) is 5.88 Å². The number of carbonyl (C=O) groups is 1. The van der Waals surface area contributed by atoms with Crippen LogP contribution >= 0.6 is 0 Å². The van der Waals surface area contributed by atoms with E-state index in [2.05, 4.69) is 15.3 Å². The van der Waals surface area contributed by atoms with Crippen LogP contribution in [-0.2, 0) is 0 Å². The molecule has 6 nitrogen and oxygen atoms in total. The second-order valence-electron chi connectivity index (χ2n) is 5.15. The van der Waals surface area contributed by atoms with Gasteiger partial charge in [-0.15, -0.1) is 0 Å². The van der Waals surface area contributed by atoms with Gasteiger partial charge in [-0.05, 0) is 36.6 Å². The van der Waals surface area contributed by atoms with E-state index in [9.17, 15) is 4.79 Å². The van der Waals surface area contributed by atoms with E-state index >= 15 is 0 Å². The number of rotatable bonds is 3. The predicted octanol–water partition coefficient (Wildman–Crippen LogP) is 2.85. The van der Waals surface area contributed by atoms with E-state index in [1.807, 2.05) is 17.0 Å². The number of hydrogen-bond acceptors (Lipinski definition) is 4. The van der Waals surface area contributed by atoms with E-state index in [0.717, 1.165) is 24.9 Å². The number of hydrogen-bond donors (Lipinski definition) is 1. The van der Waals surface area contributed by atoms with Crippen LogP contribution in [0.4, 0.5) is 10.5 Å². The van der Waals surface area contributed by atoms with Gasteiger partial charge >= 0.3 is 6.03 Å². The molecule has 2 amide bonds. The maximum Gasteiger partial charge on any atom is 0.322 e. The van der Waals surface area contributed by atoms with Crippen molar-refractivity contribution in [3.8, 4) is 5.88 Å². The van der Waals surface area contributed by atoms with Crippen LogP contribution in [-0.4, -0.2) is 34.6 Å². The number of anilines is 1. The number of ether oxygens (including phenoxy) is 1. The monoisotopic (exact) mass is 298 g/mol. The second-order valence-corrected chi connectivity index (χ2v) is 5.15. The summed E-state index contributed by atoms with van der Waals surface area (Å²) < 4.78 is 5.01. The molecule has 6 heteroatoms. The summed E-state index contributed by atoms with van der Waals surface area (Å²) in [7, 11) is 1.56. The highest BCUT2D eigenvalue weighted by molar-refractivity contribution is 5.89. The summed E-state index contributed by atoms with van der Waals surface area (Å²) in [6, 6.07) is 7.43. The summed E-state index contributed by atoms with van der Waals surface area (Å²) in [5, 5.41) is 2.89. The van der Waals surface area contributed by atoms with Crippen molar-refractivity contribution in [2.45, 2.75) is 18.9 Å². The Morgan fingerprint density at radius 2 is 2.14 bits per heavy atom. The first-order valence-electron chi connectivity index (χ1n) is 7.25. The van der Waals surface area contributed by atoms with Gasteiger partial charge in [0.1, 0.15) is 0 Å². The van der Waals surface area contributed by atoms with Gasteiger partial charge in [-0.25, -0.2) is 9.78 Å². The van der Waals surface area contributed by atoms with E-state index in [1.54, 1.807) is 37.8 Å². The van der Waals surface area contributed by atoms with Gasteiger partial charge < -0.3 is 15.0 Å². The lowest BCUT2D eigenvalue weighted by Crippen LogP contribution is -2.34. The molecule has 1 N–H and O–H groups in total.